The maximum absolute atomic E-state index is 11.6. The highest BCUT2D eigenvalue weighted by molar-refractivity contribution is 5.95. The van der Waals surface area contributed by atoms with E-state index in [-0.39, 0.29) is 5.78 Å². The second-order valence-electron chi connectivity index (χ2n) is 6.41. The summed E-state index contributed by atoms with van der Waals surface area (Å²) in [6, 6.07) is 7.63. The van der Waals surface area contributed by atoms with Gasteiger partial charge in [-0.25, -0.2) is 0 Å². The van der Waals surface area contributed by atoms with Gasteiger partial charge in [0.2, 0.25) is 0 Å². The van der Waals surface area contributed by atoms with Gasteiger partial charge in [0, 0.05) is 38.3 Å². The van der Waals surface area contributed by atoms with E-state index in [0.29, 0.717) is 17.0 Å². The second-order valence-corrected chi connectivity index (χ2v) is 6.41. The molecule has 5 heteroatoms. The molecule has 0 bridgehead atoms. The van der Waals surface area contributed by atoms with Crippen LogP contribution in [-0.2, 0) is 4.74 Å². The van der Waals surface area contributed by atoms with Crippen LogP contribution in [0.15, 0.2) is 18.2 Å². The van der Waals surface area contributed by atoms with Crippen molar-refractivity contribution < 1.29 is 9.53 Å². The van der Waals surface area contributed by atoms with Crippen molar-refractivity contribution in [2.45, 2.75) is 13.3 Å². The predicted octanol–water partition coefficient (Wildman–Crippen LogP) is 1.92. The third-order valence-corrected chi connectivity index (χ3v) is 4.77. The van der Waals surface area contributed by atoms with E-state index in [2.05, 4.69) is 15.9 Å². The van der Waals surface area contributed by atoms with Crippen LogP contribution < -0.4 is 4.90 Å². The number of Topliss-reactive ketones (excluding diaryl/α,β-unsaturated/α-hetero) is 1. The fourth-order valence-corrected chi connectivity index (χ4v) is 3.46. The van der Waals surface area contributed by atoms with Gasteiger partial charge in [-0.2, -0.15) is 5.26 Å². The summed E-state index contributed by atoms with van der Waals surface area (Å²) in [7, 11) is 0. The minimum Gasteiger partial charge on any atom is -0.379 e. The minimum absolute atomic E-state index is 0.0415. The number of anilines is 1. The average molecular weight is 313 g/mol. The molecule has 2 aliphatic heterocycles. The van der Waals surface area contributed by atoms with Crippen molar-refractivity contribution in [2.24, 2.45) is 5.92 Å². The van der Waals surface area contributed by atoms with Gasteiger partial charge in [0.25, 0.3) is 0 Å². The van der Waals surface area contributed by atoms with Crippen LogP contribution in [0.5, 0.6) is 0 Å². The second kappa shape index (κ2) is 7.12. The smallest absolute Gasteiger partial charge is 0.159 e. The first-order chi connectivity index (χ1) is 11.2. The van der Waals surface area contributed by atoms with E-state index < -0.39 is 0 Å². The summed E-state index contributed by atoms with van der Waals surface area (Å²) in [4.78, 5) is 16.3. The van der Waals surface area contributed by atoms with Crippen LogP contribution in [0.4, 0.5) is 5.69 Å². The van der Waals surface area contributed by atoms with E-state index in [1.807, 2.05) is 6.07 Å². The van der Waals surface area contributed by atoms with Crippen molar-refractivity contribution >= 4 is 11.5 Å². The van der Waals surface area contributed by atoms with Crippen LogP contribution in [0.25, 0.3) is 0 Å². The number of hydrogen-bond donors (Lipinski definition) is 0. The summed E-state index contributed by atoms with van der Waals surface area (Å²) in [5.74, 6) is 0.653. The van der Waals surface area contributed by atoms with Gasteiger partial charge >= 0.3 is 0 Å². The molecule has 122 valence electrons. The molecule has 3 rings (SSSR count). The third-order valence-electron chi connectivity index (χ3n) is 4.77. The molecule has 1 aromatic rings. The minimum atomic E-state index is 0.0415. The topological polar surface area (TPSA) is 56.6 Å². The number of nitriles is 1. The molecule has 2 aliphatic rings. The number of morpholine rings is 1. The number of nitrogens with zero attached hydrogens (tertiary/aromatic N) is 3. The molecule has 0 N–H and O–H groups in total. The van der Waals surface area contributed by atoms with E-state index >= 15 is 0 Å². The molecule has 2 saturated heterocycles. The average Bonchev–Trinajstić information content (AvgIpc) is 3.03. The largest absolute Gasteiger partial charge is 0.379 e. The van der Waals surface area contributed by atoms with Crippen molar-refractivity contribution in [2.75, 3.05) is 50.8 Å². The van der Waals surface area contributed by atoms with Gasteiger partial charge in [-0.3, -0.25) is 9.69 Å². The normalized spacial score (nSPS) is 22.1. The lowest BCUT2D eigenvalue weighted by molar-refractivity contribution is 0.0320. The monoisotopic (exact) mass is 313 g/mol. The summed E-state index contributed by atoms with van der Waals surface area (Å²) in [6.45, 7) is 8.24. The molecule has 5 nitrogen and oxygen atoms in total. The molecule has 0 aromatic heterocycles. The Morgan fingerprint density at radius 3 is 2.83 bits per heavy atom. The Hall–Kier alpha value is -1.90. The van der Waals surface area contributed by atoms with Crippen molar-refractivity contribution in [3.05, 3.63) is 29.3 Å². The number of benzene rings is 1. The van der Waals surface area contributed by atoms with Gasteiger partial charge in [-0.1, -0.05) is 0 Å². The highest BCUT2D eigenvalue weighted by Gasteiger charge is 2.27. The highest BCUT2D eigenvalue weighted by Crippen LogP contribution is 2.28. The van der Waals surface area contributed by atoms with E-state index in [1.54, 1.807) is 19.1 Å². The summed E-state index contributed by atoms with van der Waals surface area (Å²) in [5.41, 5.74) is 2.24. The number of hydrogen-bond acceptors (Lipinski definition) is 5. The van der Waals surface area contributed by atoms with E-state index in [9.17, 15) is 10.1 Å². The highest BCUT2D eigenvalue weighted by atomic mass is 16.5. The zero-order valence-electron chi connectivity index (χ0n) is 13.6. The first-order valence-corrected chi connectivity index (χ1v) is 8.27. The molecular weight excluding hydrogens is 290 g/mol. The first-order valence-electron chi connectivity index (χ1n) is 8.27. The molecule has 1 aromatic carbocycles. The number of ketones is 1. The maximum Gasteiger partial charge on any atom is 0.159 e. The Labute approximate surface area is 137 Å². The maximum atomic E-state index is 11.6. The molecule has 1 unspecified atom stereocenters. The molecule has 0 amide bonds. The summed E-state index contributed by atoms with van der Waals surface area (Å²) in [5, 5.41) is 9.35. The number of carbonyl (C=O) groups excluding carboxylic acids is 1. The lowest BCUT2D eigenvalue weighted by atomic mass is 10.1. The zero-order valence-corrected chi connectivity index (χ0v) is 13.6. The third kappa shape index (κ3) is 3.72. The van der Waals surface area contributed by atoms with Gasteiger partial charge in [0.1, 0.15) is 6.07 Å². The van der Waals surface area contributed by atoms with Crippen molar-refractivity contribution in [3.8, 4) is 6.07 Å². The molecule has 0 spiro atoms. The number of rotatable bonds is 4. The van der Waals surface area contributed by atoms with Gasteiger partial charge in [-0.05, 0) is 37.5 Å². The van der Waals surface area contributed by atoms with Crippen molar-refractivity contribution in [3.63, 3.8) is 0 Å². The van der Waals surface area contributed by atoms with Crippen LogP contribution >= 0.6 is 0 Å². The van der Waals surface area contributed by atoms with Gasteiger partial charge in [-0.15, -0.1) is 0 Å². The Bertz CT molecular complexity index is 617. The molecule has 2 fully saturated rings. The lowest BCUT2D eigenvalue weighted by Gasteiger charge is -2.29. The molecule has 23 heavy (non-hydrogen) atoms. The Morgan fingerprint density at radius 1 is 1.35 bits per heavy atom. The van der Waals surface area contributed by atoms with E-state index in [1.165, 1.54) is 0 Å². The Morgan fingerprint density at radius 2 is 2.13 bits per heavy atom. The first kappa shape index (κ1) is 16.0. The number of carbonyl (C=O) groups is 1. The molecule has 2 heterocycles. The SMILES string of the molecule is CC(=O)c1ccc(C#N)c(N2CCC(CN3CCOCC3)C2)c1. The van der Waals surface area contributed by atoms with E-state index in [4.69, 9.17) is 4.74 Å². The van der Waals surface area contributed by atoms with Crippen molar-refractivity contribution in [1.29, 1.82) is 5.26 Å². The predicted molar refractivity (Wildman–Crippen MR) is 88.7 cm³/mol. The summed E-state index contributed by atoms with van der Waals surface area (Å²) in [6.07, 6.45) is 1.13. The zero-order chi connectivity index (χ0) is 16.2. The summed E-state index contributed by atoms with van der Waals surface area (Å²) >= 11 is 0. The van der Waals surface area contributed by atoms with Crippen LogP contribution in [-0.4, -0.2) is 56.6 Å². The van der Waals surface area contributed by atoms with Crippen LogP contribution in [0.1, 0.15) is 29.3 Å². The standard InChI is InChI=1S/C18H23N3O2/c1-14(22)16-2-3-17(11-19)18(10-16)21-5-4-15(13-21)12-20-6-8-23-9-7-20/h2-3,10,15H,4-9,12-13H2,1H3. The molecule has 1 atom stereocenters. The fourth-order valence-electron chi connectivity index (χ4n) is 3.46. The lowest BCUT2D eigenvalue weighted by Crippen LogP contribution is -2.39. The van der Waals surface area contributed by atoms with Gasteiger partial charge in [0.05, 0.1) is 24.5 Å². The molecule has 0 saturated carbocycles. The Kier molecular flexibility index (Phi) is 4.94. The quantitative estimate of drug-likeness (QED) is 0.795. The van der Waals surface area contributed by atoms with Gasteiger partial charge < -0.3 is 9.64 Å². The van der Waals surface area contributed by atoms with Crippen LogP contribution in [0, 0.1) is 17.2 Å². The van der Waals surface area contributed by atoms with Crippen molar-refractivity contribution in [1.82, 2.24) is 4.90 Å². The van der Waals surface area contributed by atoms with E-state index in [0.717, 1.165) is 58.0 Å². The molecule has 0 radical (unpaired) electrons. The number of ether oxygens (including phenoxy) is 1. The van der Waals surface area contributed by atoms with Crippen LogP contribution in [0.3, 0.4) is 0 Å². The summed E-state index contributed by atoms with van der Waals surface area (Å²) < 4.78 is 5.40. The Balaban J connectivity index is 1.69. The molecular formula is C18H23N3O2. The molecule has 0 aliphatic carbocycles. The fraction of sp³-hybridized carbons (Fsp3) is 0.556. The van der Waals surface area contributed by atoms with Gasteiger partial charge in [0.15, 0.2) is 5.78 Å². The van der Waals surface area contributed by atoms with Crippen LogP contribution in [0.2, 0.25) is 0 Å².